The monoisotopic (exact) mass is 313 g/mol. The van der Waals surface area contributed by atoms with Crippen LogP contribution in [0.25, 0.3) is 0 Å². The molecule has 3 rings (SSSR count). The summed E-state index contributed by atoms with van der Waals surface area (Å²) in [5.41, 5.74) is 3.96. The Morgan fingerprint density at radius 2 is 2.18 bits per heavy atom. The van der Waals surface area contributed by atoms with Crippen LogP contribution in [-0.2, 0) is 5.41 Å². The SMILES string of the molecule is C=CC1(C)C(=CC2=[N+](C)CCS2)N(CCC)c2ccccc21. The van der Waals surface area contributed by atoms with Crippen molar-refractivity contribution in [2.45, 2.75) is 25.7 Å². The number of hydrogen-bond acceptors (Lipinski definition) is 2. The number of anilines is 1. The first-order valence-electron chi connectivity index (χ1n) is 8.05. The molecule has 3 heteroatoms. The molecule has 0 fully saturated rings. The van der Waals surface area contributed by atoms with Gasteiger partial charge in [0.1, 0.15) is 7.05 Å². The van der Waals surface area contributed by atoms with Crippen LogP contribution in [0.4, 0.5) is 5.69 Å². The van der Waals surface area contributed by atoms with Crippen molar-refractivity contribution in [3.05, 3.63) is 54.3 Å². The summed E-state index contributed by atoms with van der Waals surface area (Å²) in [6.07, 6.45) is 5.62. The van der Waals surface area contributed by atoms with Crippen LogP contribution in [0.2, 0.25) is 0 Å². The first kappa shape index (κ1) is 15.4. The molecule has 2 nitrogen and oxygen atoms in total. The molecule has 0 bridgehead atoms. The summed E-state index contributed by atoms with van der Waals surface area (Å²) in [5, 5.41) is 1.37. The number of nitrogens with zero attached hydrogens (tertiary/aromatic N) is 2. The third-order valence-electron chi connectivity index (χ3n) is 4.75. The van der Waals surface area contributed by atoms with Crippen molar-refractivity contribution < 1.29 is 4.58 Å². The van der Waals surface area contributed by atoms with E-state index in [9.17, 15) is 0 Å². The number of fused-ring (bicyclic) bond motifs is 1. The molecule has 0 N–H and O–H groups in total. The lowest BCUT2D eigenvalue weighted by Gasteiger charge is -2.27. The topological polar surface area (TPSA) is 6.25 Å². The number of allylic oxidation sites excluding steroid dienone is 1. The fourth-order valence-corrected chi connectivity index (χ4v) is 4.46. The number of para-hydroxylation sites is 1. The van der Waals surface area contributed by atoms with Crippen molar-refractivity contribution >= 4 is 22.5 Å². The second-order valence-corrected chi connectivity index (χ2v) is 7.33. The van der Waals surface area contributed by atoms with Gasteiger partial charge in [0.25, 0.3) is 0 Å². The van der Waals surface area contributed by atoms with E-state index in [-0.39, 0.29) is 5.41 Å². The zero-order valence-electron chi connectivity index (χ0n) is 13.8. The lowest BCUT2D eigenvalue weighted by atomic mass is 9.81. The third kappa shape index (κ3) is 2.32. The Hall–Kier alpha value is -1.48. The zero-order valence-corrected chi connectivity index (χ0v) is 14.6. The second-order valence-electron chi connectivity index (χ2n) is 6.21. The zero-order chi connectivity index (χ0) is 15.7. The molecule has 0 amide bonds. The van der Waals surface area contributed by atoms with Crippen LogP contribution in [-0.4, -0.2) is 35.5 Å². The van der Waals surface area contributed by atoms with E-state index in [0.717, 1.165) is 19.5 Å². The molecule has 0 radical (unpaired) electrons. The third-order valence-corrected chi connectivity index (χ3v) is 5.86. The minimum Gasteiger partial charge on any atom is -0.343 e. The molecule has 0 saturated carbocycles. The molecule has 2 aliphatic heterocycles. The summed E-state index contributed by atoms with van der Waals surface area (Å²) in [7, 11) is 2.18. The quantitative estimate of drug-likeness (QED) is 0.611. The van der Waals surface area contributed by atoms with Crippen LogP contribution in [0.1, 0.15) is 25.8 Å². The summed E-state index contributed by atoms with van der Waals surface area (Å²) in [6, 6.07) is 8.76. The fourth-order valence-electron chi connectivity index (χ4n) is 3.38. The van der Waals surface area contributed by atoms with Crippen molar-refractivity contribution in [1.82, 2.24) is 0 Å². The Kier molecular flexibility index (Phi) is 4.18. The van der Waals surface area contributed by atoms with Crippen LogP contribution >= 0.6 is 11.8 Å². The highest BCUT2D eigenvalue weighted by Gasteiger charge is 2.42. The van der Waals surface area contributed by atoms with Crippen molar-refractivity contribution in [3.8, 4) is 0 Å². The standard InChI is InChI=1S/C19H25N2S/c1-5-11-21-16-10-8-7-9-15(16)19(3,6-2)17(21)14-18-20(4)12-13-22-18/h6-10,14H,2,5,11-13H2,1,3-4H3/q+1. The van der Waals surface area contributed by atoms with Crippen molar-refractivity contribution in [2.75, 3.05) is 30.8 Å². The van der Waals surface area contributed by atoms with E-state index in [0.29, 0.717) is 0 Å². The first-order chi connectivity index (χ1) is 10.6. The maximum atomic E-state index is 4.15. The number of thioether (sulfide) groups is 1. The van der Waals surface area contributed by atoms with E-state index in [1.807, 2.05) is 11.8 Å². The molecule has 22 heavy (non-hydrogen) atoms. The van der Waals surface area contributed by atoms with Crippen LogP contribution < -0.4 is 4.90 Å². The lowest BCUT2D eigenvalue weighted by Crippen LogP contribution is -2.28. The van der Waals surface area contributed by atoms with E-state index in [4.69, 9.17) is 0 Å². The van der Waals surface area contributed by atoms with Crippen molar-refractivity contribution in [1.29, 1.82) is 0 Å². The molecule has 0 aliphatic carbocycles. The molecule has 2 aliphatic rings. The van der Waals surface area contributed by atoms with Gasteiger partial charge in [0.15, 0.2) is 6.54 Å². The maximum Gasteiger partial charge on any atom is 0.236 e. The van der Waals surface area contributed by atoms with Gasteiger partial charge < -0.3 is 4.90 Å². The predicted octanol–water partition coefficient (Wildman–Crippen LogP) is 4.03. The van der Waals surface area contributed by atoms with Gasteiger partial charge in [-0.05, 0) is 25.0 Å². The highest BCUT2D eigenvalue weighted by atomic mass is 32.2. The lowest BCUT2D eigenvalue weighted by molar-refractivity contribution is -0.485. The highest BCUT2D eigenvalue weighted by Crippen LogP contribution is 2.48. The molecular weight excluding hydrogens is 288 g/mol. The number of rotatable bonds is 4. The normalized spacial score (nSPS) is 26.0. The first-order valence-corrected chi connectivity index (χ1v) is 9.04. The summed E-state index contributed by atoms with van der Waals surface area (Å²) < 4.78 is 2.36. The van der Waals surface area contributed by atoms with Gasteiger partial charge in [-0.2, -0.15) is 0 Å². The average Bonchev–Trinajstić information content (AvgIpc) is 3.04. The van der Waals surface area contributed by atoms with Gasteiger partial charge in [-0.25, -0.2) is 4.58 Å². The van der Waals surface area contributed by atoms with Gasteiger partial charge in [0, 0.05) is 24.0 Å². The van der Waals surface area contributed by atoms with Gasteiger partial charge in [-0.3, -0.25) is 0 Å². The Bertz CT molecular complexity index is 659. The molecule has 1 atom stereocenters. The van der Waals surface area contributed by atoms with Crippen LogP contribution in [0, 0.1) is 0 Å². The molecule has 0 saturated heterocycles. The van der Waals surface area contributed by atoms with Crippen LogP contribution in [0.3, 0.4) is 0 Å². The Labute approximate surface area is 138 Å². The minimum atomic E-state index is -0.108. The Balaban J connectivity index is 2.16. The van der Waals surface area contributed by atoms with Gasteiger partial charge in [-0.15, -0.1) is 6.58 Å². The van der Waals surface area contributed by atoms with E-state index in [1.165, 1.54) is 27.7 Å². The summed E-state index contributed by atoms with van der Waals surface area (Å²) in [6.45, 7) is 10.9. The molecule has 1 aromatic carbocycles. The van der Waals surface area contributed by atoms with Gasteiger partial charge in [-0.1, -0.05) is 43.0 Å². The van der Waals surface area contributed by atoms with E-state index in [2.05, 4.69) is 73.4 Å². The van der Waals surface area contributed by atoms with Crippen molar-refractivity contribution in [3.63, 3.8) is 0 Å². The molecule has 0 aromatic heterocycles. The van der Waals surface area contributed by atoms with Gasteiger partial charge in [0.2, 0.25) is 5.04 Å². The smallest absolute Gasteiger partial charge is 0.236 e. The number of benzene rings is 1. The van der Waals surface area contributed by atoms with Gasteiger partial charge in [0.05, 0.1) is 11.2 Å². The van der Waals surface area contributed by atoms with E-state index >= 15 is 0 Å². The molecule has 2 heterocycles. The largest absolute Gasteiger partial charge is 0.343 e. The van der Waals surface area contributed by atoms with Crippen LogP contribution in [0.5, 0.6) is 0 Å². The molecule has 116 valence electrons. The molecular formula is C19H25N2S+. The van der Waals surface area contributed by atoms with Gasteiger partial charge >= 0.3 is 0 Å². The summed E-state index contributed by atoms with van der Waals surface area (Å²) in [4.78, 5) is 2.48. The number of hydrogen-bond donors (Lipinski definition) is 0. The highest BCUT2D eigenvalue weighted by molar-refractivity contribution is 8.14. The Morgan fingerprint density at radius 1 is 1.41 bits per heavy atom. The van der Waals surface area contributed by atoms with E-state index < -0.39 is 0 Å². The molecule has 0 spiro atoms. The second kappa shape index (κ2) is 5.96. The van der Waals surface area contributed by atoms with Crippen molar-refractivity contribution in [2.24, 2.45) is 0 Å². The maximum absolute atomic E-state index is 4.15. The Morgan fingerprint density at radius 3 is 2.82 bits per heavy atom. The van der Waals surface area contributed by atoms with E-state index in [1.54, 1.807) is 0 Å². The predicted molar refractivity (Wildman–Crippen MR) is 98.2 cm³/mol. The minimum absolute atomic E-state index is 0.108. The summed E-state index contributed by atoms with van der Waals surface area (Å²) in [5.74, 6) is 1.18. The summed E-state index contributed by atoms with van der Waals surface area (Å²) >= 11 is 1.95. The average molecular weight is 313 g/mol. The molecule has 1 unspecified atom stereocenters. The molecule has 1 aromatic rings. The fraction of sp³-hybridized carbons (Fsp3) is 0.421. The van der Waals surface area contributed by atoms with Crippen LogP contribution in [0.15, 0.2) is 48.7 Å².